The first-order valence-corrected chi connectivity index (χ1v) is 19.6. The SMILES string of the molecule is COC(=O)[C@H](Cc1ccccc1)NC(=O)NCc1ccccc1-c1ccc([C@H]2O[C@@H](CSc3nc4ccccc4s3)C[C@@H](c3ccc(CO)cc3)O2)cc1. The molecule has 11 heteroatoms. The number of ether oxygens (including phenoxy) is 3. The van der Waals surface area contributed by atoms with E-state index in [2.05, 4.69) is 16.7 Å². The second-order valence-electron chi connectivity index (χ2n) is 13.0. The van der Waals surface area contributed by atoms with Crippen molar-refractivity contribution in [3.63, 3.8) is 0 Å². The summed E-state index contributed by atoms with van der Waals surface area (Å²) in [6.45, 7) is 0.241. The minimum absolute atomic E-state index is 0.0116. The predicted molar refractivity (Wildman–Crippen MR) is 212 cm³/mol. The normalized spacial score (nSPS) is 17.5. The molecule has 1 aliphatic heterocycles. The van der Waals surface area contributed by atoms with E-state index in [4.69, 9.17) is 19.2 Å². The van der Waals surface area contributed by atoms with Gasteiger partial charge in [-0.05, 0) is 45.5 Å². The third-order valence-corrected chi connectivity index (χ3v) is 11.6. The smallest absolute Gasteiger partial charge is 0.328 e. The van der Waals surface area contributed by atoms with Crippen LogP contribution in [0, 0.1) is 0 Å². The van der Waals surface area contributed by atoms with Crippen molar-refractivity contribution in [2.45, 2.75) is 54.9 Å². The molecule has 0 bridgehead atoms. The number of aliphatic hydroxyl groups is 1. The van der Waals surface area contributed by atoms with E-state index in [9.17, 15) is 14.7 Å². The molecule has 0 unspecified atom stereocenters. The third-order valence-electron chi connectivity index (χ3n) is 9.31. The predicted octanol–water partition coefficient (Wildman–Crippen LogP) is 8.38. The third kappa shape index (κ3) is 9.36. The monoisotopic (exact) mass is 759 g/mol. The Balaban J connectivity index is 1.03. The lowest BCUT2D eigenvalue weighted by Crippen LogP contribution is -2.47. The lowest BCUT2D eigenvalue weighted by atomic mass is 9.98. The lowest BCUT2D eigenvalue weighted by Gasteiger charge is -2.36. The number of aliphatic hydroxyl groups excluding tert-OH is 1. The standard InChI is InChI=1S/C43H41N3O6S2/c1-50-40(48)37(23-28-9-3-2-4-10-28)45-42(49)44-25-33-11-5-6-12-35(33)30-19-21-32(22-20-30)41-51-34(24-38(52-41)31-17-15-29(26-47)16-18-31)27-53-43-46-36-13-7-8-14-39(36)54-43/h2-22,34,37-38,41,47H,23-27H2,1H3,(H2,44,45,49)/t34-,37+,38+,41+/m1/s1. The van der Waals surface area contributed by atoms with Gasteiger partial charge in [0.1, 0.15) is 6.04 Å². The molecule has 1 fully saturated rings. The summed E-state index contributed by atoms with van der Waals surface area (Å²) >= 11 is 3.39. The molecule has 6 aromatic rings. The van der Waals surface area contributed by atoms with E-state index in [-0.39, 0.29) is 25.4 Å². The Labute approximate surface area is 322 Å². The fourth-order valence-corrected chi connectivity index (χ4v) is 8.56. The first-order chi connectivity index (χ1) is 26.4. The van der Waals surface area contributed by atoms with Gasteiger partial charge in [-0.2, -0.15) is 0 Å². The number of nitrogens with one attached hydrogen (secondary N) is 2. The fraction of sp³-hybridized carbons (Fsp3) is 0.233. The van der Waals surface area contributed by atoms with Crippen molar-refractivity contribution in [3.8, 4) is 11.1 Å². The van der Waals surface area contributed by atoms with E-state index >= 15 is 0 Å². The van der Waals surface area contributed by atoms with Gasteiger partial charge in [-0.25, -0.2) is 14.6 Å². The molecule has 1 saturated heterocycles. The molecule has 1 aliphatic rings. The van der Waals surface area contributed by atoms with Crippen molar-refractivity contribution >= 4 is 45.3 Å². The van der Waals surface area contributed by atoms with Crippen LogP contribution in [0.4, 0.5) is 4.79 Å². The summed E-state index contributed by atoms with van der Waals surface area (Å²) in [5, 5.41) is 15.3. The number of benzene rings is 5. The number of fused-ring (bicyclic) bond motifs is 1. The zero-order chi connectivity index (χ0) is 37.3. The molecule has 54 heavy (non-hydrogen) atoms. The summed E-state index contributed by atoms with van der Waals surface area (Å²) in [7, 11) is 1.31. The van der Waals surface area contributed by atoms with Gasteiger partial charge in [-0.1, -0.05) is 127 Å². The molecule has 9 nitrogen and oxygen atoms in total. The highest BCUT2D eigenvalue weighted by Crippen LogP contribution is 2.41. The van der Waals surface area contributed by atoms with Crippen LogP contribution in [0.2, 0.25) is 0 Å². The van der Waals surface area contributed by atoms with Gasteiger partial charge >= 0.3 is 12.0 Å². The Bertz CT molecular complexity index is 2130. The fourth-order valence-electron chi connectivity index (χ4n) is 6.45. The highest BCUT2D eigenvalue weighted by atomic mass is 32.2. The van der Waals surface area contributed by atoms with Gasteiger partial charge in [0.2, 0.25) is 0 Å². The molecule has 2 heterocycles. The molecule has 5 aromatic carbocycles. The molecule has 3 N–H and O–H groups in total. The van der Waals surface area contributed by atoms with Crippen LogP contribution in [0.5, 0.6) is 0 Å². The number of methoxy groups -OCH3 is 1. The maximum atomic E-state index is 13.0. The van der Waals surface area contributed by atoms with E-state index in [1.807, 2.05) is 121 Å². The van der Waals surface area contributed by atoms with E-state index in [0.29, 0.717) is 12.8 Å². The van der Waals surface area contributed by atoms with Gasteiger partial charge in [0.15, 0.2) is 10.6 Å². The van der Waals surface area contributed by atoms with Gasteiger partial charge in [0.05, 0.1) is 36.1 Å². The average Bonchev–Trinajstić information content (AvgIpc) is 3.65. The number of para-hydroxylation sites is 1. The maximum absolute atomic E-state index is 13.0. The summed E-state index contributed by atoms with van der Waals surface area (Å²) in [6, 6.07) is 40.3. The van der Waals surface area contributed by atoms with Crippen molar-refractivity contribution < 1.29 is 28.9 Å². The van der Waals surface area contributed by atoms with Crippen molar-refractivity contribution in [1.82, 2.24) is 15.6 Å². The quantitative estimate of drug-likeness (QED) is 0.0794. The average molecular weight is 760 g/mol. The number of amides is 2. The second-order valence-corrected chi connectivity index (χ2v) is 15.3. The number of hydrogen-bond acceptors (Lipinski definition) is 9. The van der Waals surface area contributed by atoms with E-state index in [1.54, 1.807) is 23.1 Å². The lowest BCUT2D eigenvalue weighted by molar-refractivity contribution is -0.245. The molecular formula is C43H41N3O6S2. The molecule has 0 radical (unpaired) electrons. The van der Waals surface area contributed by atoms with Crippen LogP contribution in [-0.2, 0) is 38.6 Å². The molecule has 4 atom stereocenters. The number of thioether (sulfide) groups is 1. The minimum atomic E-state index is -0.824. The van der Waals surface area contributed by atoms with Crippen molar-refractivity contribution in [2.24, 2.45) is 0 Å². The molecule has 0 saturated carbocycles. The molecular weight excluding hydrogens is 719 g/mol. The number of hydrogen-bond donors (Lipinski definition) is 3. The van der Waals surface area contributed by atoms with Gasteiger partial charge < -0.3 is 30.0 Å². The molecule has 7 rings (SSSR count). The minimum Gasteiger partial charge on any atom is -0.467 e. The van der Waals surface area contributed by atoms with E-state index in [0.717, 1.165) is 54.6 Å². The number of urea groups is 1. The van der Waals surface area contributed by atoms with Crippen LogP contribution in [0.25, 0.3) is 21.3 Å². The van der Waals surface area contributed by atoms with Crippen molar-refractivity contribution in [1.29, 1.82) is 0 Å². The van der Waals surface area contributed by atoms with Crippen LogP contribution in [0.1, 0.15) is 46.6 Å². The van der Waals surface area contributed by atoms with Gasteiger partial charge in [0, 0.05) is 30.7 Å². The summed E-state index contributed by atoms with van der Waals surface area (Å²) in [5.41, 5.74) is 7.57. The number of rotatable bonds is 13. The topological polar surface area (TPSA) is 119 Å². The van der Waals surface area contributed by atoms with Crippen LogP contribution in [-0.4, -0.2) is 47.1 Å². The Morgan fingerprint density at radius 2 is 1.59 bits per heavy atom. The maximum Gasteiger partial charge on any atom is 0.328 e. The Hall–Kier alpha value is -5.04. The summed E-state index contributed by atoms with van der Waals surface area (Å²) in [6.07, 6.45) is 0.132. The number of esters is 1. The van der Waals surface area contributed by atoms with Crippen molar-refractivity contribution in [2.75, 3.05) is 12.9 Å². The summed E-state index contributed by atoms with van der Waals surface area (Å²) < 4.78 is 20.3. The number of carbonyl (C=O) groups is 2. The molecule has 0 aliphatic carbocycles. The summed E-state index contributed by atoms with van der Waals surface area (Å²) in [4.78, 5) is 30.3. The Morgan fingerprint density at radius 1 is 0.870 bits per heavy atom. The highest BCUT2D eigenvalue weighted by molar-refractivity contribution is 8.01. The van der Waals surface area contributed by atoms with E-state index < -0.39 is 24.3 Å². The van der Waals surface area contributed by atoms with Gasteiger partial charge in [-0.3, -0.25) is 0 Å². The van der Waals surface area contributed by atoms with E-state index in [1.165, 1.54) is 11.8 Å². The van der Waals surface area contributed by atoms with Crippen LogP contribution >= 0.6 is 23.1 Å². The first-order valence-electron chi connectivity index (χ1n) is 17.8. The first kappa shape index (κ1) is 37.3. The molecule has 276 valence electrons. The number of carbonyl (C=O) groups excluding carboxylic acids is 2. The highest BCUT2D eigenvalue weighted by Gasteiger charge is 2.32. The Kier molecular flexibility index (Phi) is 12.3. The molecule has 1 aromatic heterocycles. The zero-order valence-electron chi connectivity index (χ0n) is 29.7. The second kappa shape index (κ2) is 17.9. The summed E-state index contributed by atoms with van der Waals surface area (Å²) in [5.74, 6) is 0.216. The van der Waals surface area contributed by atoms with Gasteiger partial charge in [0.25, 0.3) is 0 Å². The van der Waals surface area contributed by atoms with Crippen LogP contribution in [0.15, 0.2) is 132 Å². The number of aromatic nitrogens is 1. The van der Waals surface area contributed by atoms with Crippen LogP contribution in [0.3, 0.4) is 0 Å². The molecule has 2 amide bonds. The van der Waals surface area contributed by atoms with Crippen LogP contribution < -0.4 is 10.6 Å². The number of nitrogens with zero attached hydrogens (tertiary/aromatic N) is 1. The Morgan fingerprint density at radius 3 is 2.35 bits per heavy atom. The van der Waals surface area contributed by atoms with Gasteiger partial charge in [-0.15, -0.1) is 11.3 Å². The largest absolute Gasteiger partial charge is 0.467 e. The zero-order valence-corrected chi connectivity index (χ0v) is 31.4. The molecule has 0 spiro atoms. The van der Waals surface area contributed by atoms with Crippen molar-refractivity contribution in [3.05, 3.63) is 155 Å². The number of thiazole rings is 1.